The van der Waals surface area contributed by atoms with Gasteiger partial charge in [0.05, 0.1) is 0 Å². The summed E-state index contributed by atoms with van der Waals surface area (Å²) in [4.78, 5) is 11.7. The minimum absolute atomic E-state index is 0.263. The SMILES string of the molecule is CC1=CC(C)CC(CNC2CC(NC(=O)OC(C)(C)C)C2)C1. The molecule has 0 spiro atoms. The summed E-state index contributed by atoms with van der Waals surface area (Å²) in [6, 6.07) is 0.806. The van der Waals surface area contributed by atoms with Crippen molar-refractivity contribution in [2.24, 2.45) is 11.8 Å². The Kier molecular flexibility index (Phi) is 5.54. The fourth-order valence-electron chi connectivity index (χ4n) is 3.55. The van der Waals surface area contributed by atoms with E-state index < -0.39 is 5.60 Å². The van der Waals surface area contributed by atoms with E-state index >= 15 is 0 Å². The summed E-state index contributed by atoms with van der Waals surface area (Å²) in [5, 5.41) is 6.61. The summed E-state index contributed by atoms with van der Waals surface area (Å²) < 4.78 is 5.28. The van der Waals surface area contributed by atoms with Crippen LogP contribution in [0.25, 0.3) is 0 Å². The molecule has 2 atom stereocenters. The molecule has 0 heterocycles. The molecule has 1 amide bonds. The van der Waals surface area contributed by atoms with Crippen LogP contribution in [0, 0.1) is 11.8 Å². The zero-order chi connectivity index (χ0) is 16.3. The number of hydrogen-bond donors (Lipinski definition) is 2. The van der Waals surface area contributed by atoms with Crippen molar-refractivity contribution in [1.82, 2.24) is 10.6 Å². The maximum atomic E-state index is 11.7. The van der Waals surface area contributed by atoms with E-state index in [4.69, 9.17) is 4.74 Å². The largest absolute Gasteiger partial charge is 0.444 e. The molecular formula is C18H32N2O2. The quantitative estimate of drug-likeness (QED) is 0.780. The normalized spacial score (nSPS) is 32.0. The molecule has 1 fully saturated rings. The number of amides is 1. The Bertz CT molecular complexity index is 419. The number of ether oxygens (including phenoxy) is 1. The Balaban J connectivity index is 1.60. The number of nitrogens with one attached hydrogen (secondary N) is 2. The lowest BCUT2D eigenvalue weighted by Crippen LogP contribution is -2.53. The second-order valence-electron chi connectivity index (χ2n) is 8.22. The van der Waals surface area contributed by atoms with E-state index in [-0.39, 0.29) is 12.1 Å². The minimum atomic E-state index is -0.422. The summed E-state index contributed by atoms with van der Waals surface area (Å²) >= 11 is 0. The van der Waals surface area contributed by atoms with Crippen molar-refractivity contribution in [3.63, 3.8) is 0 Å². The summed E-state index contributed by atoms with van der Waals surface area (Å²) in [5.41, 5.74) is 1.11. The lowest BCUT2D eigenvalue weighted by atomic mass is 9.82. The first-order chi connectivity index (χ1) is 10.2. The first-order valence-electron chi connectivity index (χ1n) is 8.61. The molecule has 2 rings (SSSR count). The average Bonchev–Trinajstić information content (AvgIpc) is 2.28. The van der Waals surface area contributed by atoms with Gasteiger partial charge in [-0.25, -0.2) is 4.79 Å². The molecule has 0 aromatic carbocycles. The number of rotatable bonds is 4. The molecule has 126 valence electrons. The Labute approximate surface area is 135 Å². The van der Waals surface area contributed by atoms with Crippen molar-refractivity contribution in [3.05, 3.63) is 11.6 Å². The molecule has 0 aromatic rings. The van der Waals surface area contributed by atoms with E-state index in [9.17, 15) is 4.79 Å². The molecule has 2 N–H and O–H groups in total. The van der Waals surface area contributed by atoms with Crippen LogP contribution in [0.3, 0.4) is 0 Å². The Morgan fingerprint density at radius 3 is 2.55 bits per heavy atom. The van der Waals surface area contributed by atoms with E-state index in [0.29, 0.717) is 12.0 Å². The van der Waals surface area contributed by atoms with E-state index in [1.165, 1.54) is 18.4 Å². The minimum Gasteiger partial charge on any atom is -0.444 e. The maximum Gasteiger partial charge on any atom is 0.407 e. The molecule has 2 unspecified atom stereocenters. The highest BCUT2D eigenvalue weighted by Gasteiger charge is 2.32. The summed E-state index contributed by atoms with van der Waals surface area (Å²) in [7, 11) is 0. The van der Waals surface area contributed by atoms with Crippen LogP contribution in [0.15, 0.2) is 11.6 Å². The molecule has 0 bridgehead atoms. The number of allylic oxidation sites excluding steroid dienone is 2. The molecule has 0 saturated heterocycles. The van der Waals surface area contributed by atoms with E-state index in [1.807, 2.05) is 20.8 Å². The first kappa shape index (κ1) is 17.3. The van der Waals surface area contributed by atoms with Gasteiger partial charge in [0, 0.05) is 12.1 Å². The van der Waals surface area contributed by atoms with Gasteiger partial charge in [-0.05, 0) is 71.8 Å². The number of carbonyl (C=O) groups is 1. The predicted octanol–water partition coefficient (Wildman–Crippen LogP) is 3.62. The van der Waals surface area contributed by atoms with Gasteiger partial charge in [-0.15, -0.1) is 0 Å². The van der Waals surface area contributed by atoms with E-state index in [1.54, 1.807) is 0 Å². The summed E-state index contributed by atoms with van der Waals surface area (Å²) in [6.07, 6.45) is 6.64. The van der Waals surface area contributed by atoms with Crippen LogP contribution in [-0.2, 0) is 4.74 Å². The van der Waals surface area contributed by atoms with Crippen LogP contribution in [-0.4, -0.2) is 30.3 Å². The predicted molar refractivity (Wildman–Crippen MR) is 89.8 cm³/mol. The Hall–Kier alpha value is -1.03. The van der Waals surface area contributed by atoms with Crippen LogP contribution in [0.5, 0.6) is 0 Å². The van der Waals surface area contributed by atoms with Crippen LogP contribution in [0.1, 0.15) is 60.3 Å². The third-order valence-corrected chi connectivity index (χ3v) is 4.44. The molecule has 0 aliphatic heterocycles. The average molecular weight is 308 g/mol. The van der Waals surface area contributed by atoms with E-state index in [2.05, 4.69) is 30.6 Å². The van der Waals surface area contributed by atoms with Crippen molar-refractivity contribution in [3.8, 4) is 0 Å². The van der Waals surface area contributed by atoms with Gasteiger partial charge in [-0.2, -0.15) is 0 Å². The number of alkyl carbamates (subject to hydrolysis) is 1. The van der Waals surface area contributed by atoms with Gasteiger partial charge in [0.1, 0.15) is 5.60 Å². The van der Waals surface area contributed by atoms with Crippen LogP contribution >= 0.6 is 0 Å². The standard InChI is InChI=1S/C18H32N2O2/c1-12-6-13(2)8-14(7-12)11-19-15-9-16(10-15)20-17(21)22-18(3,4)5/h6,12,14-16,19H,7-11H2,1-5H3,(H,20,21). The van der Waals surface area contributed by atoms with Crippen LogP contribution < -0.4 is 10.6 Å². The number of carbonyl (C=O) groups excluding carboxylic acids is 1. The Morgan fingerprint density at radius 1 is 1.27 bits per heavy atom. The second kappa shape index (κ2) is 7.03. The number of hydrogen-bond acceptors (Lipinski definition) is 3. The van der Waals surface area contributed by atoms with Crippen LogP contribution in [0.2, 0.25) is 0 Å². The molecule has 1 saturated carbocycles. The molecule has 0 aromatic heterocycles. The van der Waals surface area contributed by atoms with Crippen molar-refractivity contribution >= 4 is 6.09 Å². The van der Waals surface area contributed by atoms with Crippen LogP contribution in [0.4, 0.5) is 4.79 Å². The van der Waals surface area contributed by atoms with Gasteiger partial charge < -0.3 is 15.4 Å². The van der Waals surface area contributed by atoms with Crippen molar-refractivity contribution < 1.29 is 9.53 Å². The molecule has 0 radical (unpaired) electrons. The Morgan fingerprint density at radius 2 is 1.95 bits per heavy atom. The zero-order valence-corrected chi connectivity index (χ0v) is 14.7. The van der Waals surface area contributed by atoms with Crippen molar-refractivity contribution in [2.75, 3.05) is 6.54 Å². The highest BCUT2D eigenvalue weighted by atomic mass is 16.6. The maximum absolute atomic E-state index is 11.7. The smallest absolute Gasteiger partial charge is 0.407 e. The van der Waals surface area contributed by atoms with Gasteiger partial charge in [0.2, 0.25) is 0 Å². The monoisotopic (exact) mass is 308 g/mol. The molecule has 22 heavy (non-hydrogen) atoms. The van der Waals surface area contributed by atoms with Gasteiger partial charge >= 0.3 is 6.09 Å². The lowest BCUT2D eigenvalue weighted by Gasteiger charge is -2.38. The third kappa shape index (κ3) is 5.64. The van der Waals surface area contributed by atoms with Crippen molar-refractivity contribution in [2.45, 2.75) is 78.0 Å². The van der Waals surface area contributed by atoms with Crippen molar-refractivity contribution in [1.29, 1.82) is 0 Å². The topological polar surface area (TPSA) is 50.4 Å². The summed E-state index contributed by atoms with van der Waals surface area (Å²) in [5.74, 6) is 1.47. The fraction of sp³-hybridized carbons (Fsp3) is 0.833. The first-order valence-corrected chi connectivity index (χ1v) is 8.61. The zero-order valence-electron chi connectivity index (χ0n) is 14.7. The summed E-state index contributed by atoms with van der Waals surface area (Å²) in [6.45, 7) is 11.3. The molecule has 2 aliphatic carbocycles. The molecular weight excluding hydrogens is 276 g/mol. The second-order valence-corrected chi connectivity index (χ2v) is 8.22. The molecule has 4 nitrogen and oxygen atoms in total. The highest BCUT2D eigenvalue weighted by molar-refractivity contribution is 5.68. The molecule has 4 heteroatoms. The van der Waals surface area contributed by atoms with E-state index in [0.717, 1.165) is 25.3 Å². The third-order valence-electron chi connectivity index (χ3n) is 4.44. The van der Waals surface area contributed by atoms with Gasteiger partial charge in [-0.3, -0.25) is 0 Å². The fourth-order valence-corrected chi connectivity index (χ4v) is 3.55. The van der Waals surface area contributed by atoms with Gasteiger partial charge in [0.15, 0.2) is 0 Å². The molecule has 2 aliphatic rings. The van der Waals surface area contributed by atoms with Gasteiger partial charge in [-0.1, -0.05) is 18.6 Å². The van der Waals surface area contributed by atoms with Gasteiger partial charge in [0.25, 0.3) is 0 Å². The highest BCUT2D eigenvalue weighted by Crippen LogP contribution is 2.28. The lowest BCUT2D eigenvalue weighted by molar-refractivity contribution is 0.0464.